The van der Waals surface area contributed by atoms with Crippen LogP contribution in [0.25, 0.3) is 0 Å². The fraction of sp³-hybridized carbons (Fsp3) is 0.300. The predicted octanol–water partition coefficient (Wildman–Crippen LogP) is -0.0291. The van der Waals surface area contributed by atoms with Crippen LogP contribution in [-0.4, -0.2) is 38.8 Å². The van der Waals surface area contributed by atoms with Gasteiger partial charge in [-0.05, 0) is 6.07 Å². The molecule has 1 aromatic heterocycles. The highest BCUT2D eigenvalue weighted by molar-refractivity contribution is 5.85. The van der Waals surface area contributed by atoms with Crippen molar-refractivity contribution in [3.05, 3.63) is 18.0 Å². The summed E-state index contributed by atoms with van der Waals surface area (Å²) in [5, 5.41) is 20.4. The van der Waals surface area contributed by atoms with E-state index in [0.29, 0.717) is 6.42 Å². The molecule has 6 nitrogen and oxygen atoms in total. The fourth-order valence-corrected chi connectivity index (χ4v) is 1.03. The first-order valence-electron chi connectivity index (χ1n) is 4.54. The van der Waals surface area contributed by atoms with Crippen LogP contribution in [0, 0.1) is 12.3 Å². The van der Waals surface area contributed by atoms with E-state index in [1.165, 1.54) is 12.3 Å². The van der Waals surface area contributed by atoms with Gasteiger partial charge in [-0.3, -0.25) is 0 Å². The number of carboxylic acid groups (broad SMARTS) is 1. The average Bonchev–Trinajstić information content (AvgIpc) is 2.29. The minimum atomic E-state index is -1.14. The molecule has 1 rings (SSSR count). The van der Waals surface area contributed by atoms with Crippen molar-refractivity contribution in [1.29, 1.82) is 0 Å². The lowest BCUT2D eigenvalue weighted by atomic mass is 10.2. The van der Waals surface area contributed by atoms with Gasteiger partial charge in [-0.2, -0.15) is 0 Å². The summed E-state index contributed by atoms with van der Waals surface area (Å²) in [7, 11) is 0. The molecule has 84 valence electrons. The summed E-state index contributed by atoms with van der Waals surface area (Å²) in [6.07, 6.45) is 6.73. The highest BCUT2D eigenvalue weighted by Gasteiger charge is 2.10. The molecule has 0 bridgehead atoms. The molecule has 3 N–H and O–H groups in total. The van der Waals surface area contributed by atoms with Gasteiger partial charge in [-0.25, -0.2) is 14.8 Å². The van der Waals surface area contributed by atoms with E-state index in [4.69, 9.17) is 16.6 Å². The summed E-state index contributed by atoms with van der Waals surface area (Å²) in [6, 6.07) is 0.900. The van der Waals surface area contributed by atoms with Crippen LogP contribution in [0.2, 0.25) is 0 Å². The minimum absolute atomic E-state index is 0.116. The van der Waals surface area contributed by atoms with E-state index < -0.39 is 5.97 Å². The first-order valence-corrected chi connectivity index (χ1v) is 4.54. The first kappa shape index (κ1) is 11.9. The van der Waals surface area contributed by atoms with Crippen LogP contribution in [0.1, 0.15) is 16.9 Å². The molecule has 0 aliphatic heterocycles. The van der Waals surface area contributed by atoms with Crippen molar-refractivity contribution in [2.45, 2.75) is 12.5 Å². The fourth-order valence-electron chi connectivity index (χ4n) is 1.03. The molecule has 0 saturated carbocycles. The maximum atomic E-state index is 10.6. The maximum absolute atomic E-state index is 10.6. The Morgan fingerprint density at radius 1 is 1.69 bits per heavy atom. The lowest BCUT2D eigenvalue weighted by Crippen LogP contribution is -2.24. The third-order valence-corrected chi connectivity index (χ3v) is 1.79. The zero-order valence-electron chi connectivity index (χ0n) is 8.42. The second-order valence-corrected chi connectivity index (χ2v) is 3.00. The Morgan fingerprint density at radius 3 is 3.00 bits per heavy atom. The van der Waals surface area contributed by atoms with Gasteiger partial charge in [0.2, 0.25) is 5.95 Å². The van der Waals surface area contributed by atoms with Crippen molar-refractivity contribution >= 4 is 11.9 Å². The number of aromatic nitrogens is 2. The van der Waals surface area contributed by atoms with Gasteiger partial charge in [0.05, 0.1) is 12.6 Å². The highest BCUT2D eigenvalue weighted by atomic mass is 16.4. The molecule has 1 unspecified atom stereocenters. The Balaban J connectivity index is 2.77. The van der Waals surface area contributed by atoms with Crippen LogP contribution in [0.5, 0.6) is 0 Å². The van der Waals surface area contributed by atoms with Crippen LogP contribution in [0.4, 0.5) is 5.95 Å². The largest absolute Gasteiger partial charge is 0.477 e. The van der Waals surface area contributed by atoms with Crippen molar-refractivity contribution < 1.29 is 15.0 Å². The van der Waals surface area contributed by atoms with Gasteiger partial charge in [0, 0.05) is 12.6 Å². The predicted molar refractivity (Wildman–Crippen MR) is 56.9 cm³/mol. The first-order chi connectivity index (χ1) is 7.67. The molecule has 0 spiro atoms. The quantitative estimate of drug-likeness (QED) is 0.604. The lowest BCUT2D eigenvalue weighted by Gasteiger charge is -2.12. The van der Waals surface area contributed by atoms with Gasteiger partial charge in [0.15, 0.2) is 5.69 Å². The third kappa shape index (κ3) is 3.22. The molecule has 6 heteroatoms. The number of hydrogen-bond donors (Lipinski definition) is 3. The van der Waals surface area contributed by atoms with Crippen molar-refractivity contribution in [3.8, 4) is 12.3 Å². The number of hydrogen-bond acceptors (Lipinski definition) is 5. The summed E-state index contributed by atoms with van der Waals surface area (Å²) in [5.74, 6) is 1.38. The molecule has 0 saturated heterocycles. The van der Waals surface area contributed by atoms with E-state index in [0.717, 1.165) is 0 Å². The Labute approximate surface area is 92.4 Å². The molecule has 16 heavy (non-hydrogen) atoms. The lowest BCUT2D eigenvalue weighted by molar-refractivity contribution is 0.0690. The topological polar surface area (TPSA) is 95.3 Å². The highest BCUT2D eigenvalue weighted by Crippen LogP contribution is 2.04. The van der Waals surface area contributed by atoms with E-state index in [1.54, 1.807) is 0 Å². The molecule has 0 amide bonds. The number of aromatic carboxylic acids is 1. The van der Waals surface area contributed by atoms with Crippen LogP contribution in [0.3, 0.4) is 0 Å². The maximum Gasteiger partial charge on any atom is 0.354 e. The number of nitrogens with zero attached hydrogens (tertiary/aromatic N) is 2. The molecule has 1 heterocycles. The Bertz CT molecular complexity index is 414. The van der Waals surface area contributed by atoms with E-state index in [2.05, 4.69) is 21.2 Å². The molecule has 1 aromatic rings. The molecule has 0 aliphatic carbocycles. The van der Waals surface area contributed by atoms with Gasteiger partial charge in [-0.15, -0.1) is 12.3 Å². The standard InChI is InChI=1S/C10H11N3O3/c1-2-3-7(6-14)12-10-11-5-4-8(13-10)9(15)16/h1,4-5,7,14H,3,6H2,(H,15,16)(H,11,12,13). The number of nitrogens with one attached hydrogen (secondary N) is 1. The van der Waals surface area contributed by atoms with Gasteiger partial charge >= 0.3 is 5.97 Å². The van der Waals surface area contributed by atoms with E-state index in [-0.39, 0.29) is 24.3 Å². The number of aliphatic hydroxyl groups is 1. The molecule has 0 aliphatic rings. The van der Waals surface area contributed by atoms with Crippen molar-refractivity contribution in [3.63, 3.8) is 0 Å². The molecular weight excluding hydrogens is 210 g/mol. The van der Waals surface area contributed by atoms with Crippen molar-refractivity contribution in [2.75, 3.05) is 11.9 Å². The van der Waals surface area contributed by atoms with Crippen LogP contribution in [0.15, 0.2) is 12.3 Å². The molecule has 0 fully saturated rings. The van der Waals surface area contributed by atoms with Crippen LogP contribution in [-0.2, 0) is 0 Å². The SMILES string of the molecule is C#CCC(CO)Nc1nccc(C(=O)O)n1. The van der Waals surface area contributed by atoms with Gasteiger partial charge < -0.3 is 15.5 Å². The van der Waals surface area contributed by atoms with Gasteiger partial charge in [0.25, 0.3) is 0 Å². The number of terminal acetylenes is 1. The summed E-state index contributed by atoms with van der Waals surface area (Å²) < 4.78 is 0. The average molecular weight is 221 g/mol. The molecular formula is C10H11N3O3. The minimum Gasteiger partial charge on any atom is -0.477 e. The van der Waals surface area contributed by atoms with Crippen molar-refractivity contribution in [1.82, 2.24) is 9.97 Å². The summed E-state index contributed by atoms with van der Waals surface area (Å²) >= 11 is 0. The number of rotatable bonds is 5. The summed E-state index contributed by atoms with van der Waals surface area (Å²) in [4.78, 5) is 18.2. The normalized spacial score (nSPS) is 11.5. The molecule has 0 aromatic carbocycles. The van der Waals surface area contributed by atoms with Crippen LogP contribution >= 0.6 is 0 Å². The number of aliphatic hydroxyl groups excluding tert-OH is 1. The summed E-state index contributed by atoms with van der Waals surface area (Å²) in [6.45, 7) is -0.176. The molecule has 0 radical (unpaired) electrons. The monoisotopic (exact) mass is 221 g/mol. The van der Waals surface area contributed by atoms with Gasteiger partial charge in [0.1, 0.15) is 0 Å². The zero-order valence-corrected chi connectivity index (χ0v) is 8.42. The number of carboxylic acids is 1. The number of carbonyl (C=O) groups is 1. The van der Waals surface area contributed by atoms with Crippen LogP contribution < -0.4 is 5.32 Å². The Hall–Kier alpha value is -2.13. The van der Waals surface area contributed by atoms with Crippen molar-refractivity contribution in [2.24, 2.45) is 0 Å². The Kier molecular flexibility index (Phi) is 4.24. The van der Waals surface area contributed by atoms with E-state index >= 15 is 0 Å². The summed E-state index contributed by atoms with van der Waals surface area (Å²) in [5.41, 5.74) is -0.116. The number of anilines is 1. The van der Waals surface area contributed by atoms with Gasteiger partial charge in [-0.1, -0.05) is 0 Å². The smallest absolute Gasteiger partial charge is 0.354 e. The van der Waals surface area contributed by atoms with E-state index in [1.807, 2.05) is 0 Å². The van der Waals surface area contributed by atoms with E-state index in [9.17, 15) is 4.79 Å². The second kappa shape index (κ2) is 5.68. The Morgan fingerprint density at radius 2 is 2.44 bits per heavy atom. The zero-order chi connectivity index (χ0) is 12.0. The third-order valence-electron chi connectivity index (χ3n) is 1.79. The second-order valence-electron chi connectivity index (χ2n) is 3.00. The molecule has 1 atom stereocenters.